The van der Waals surface area contributed by atoms with Crippen LogP contribution in [0.1, 0.15) is 45.2 Å². The highest BCUT2D eigenvalue weighted by Crippen LogP contribution is 2.07. The van der Waals surface area contributed by atoms with E-state index in [1.165, 1.54) is 19.3 Å². The minimum Gasteiger partial charge on any atom is -0.352 e. The van der Waals surface area contributed by atoms with Crippen LogP contribution in [-0.4, -0.2) is 16.0 Å². The first-order valence-electron chi connectivity index (χ1n) is 5.76. The Balaban J connectivity index is 2.43. The van der Waals surface area contributed by atoms with Gasteiger partial charge in [-0.2, -0.15) is 5.26 Å². The van der Waals surface area contributed by atoms with E-state index in [0.717, 1.165) is 6.42 Å². The number of hydrogen-bond donors (Lipinski definition) is 1. The molecule has 1 unspecified atom stereocenters. The molecule has 0 aliphatic heterocycles. The van der Waals surface area contributed by atoms with Gasteiger partial charge < -0.3 is 5.32 Å². The van der Waals surface area contributed by atoms with Gasteiger partial charge in [-0.15, -0.1) is 0 Å². The summed E-state index contributed by atoms with van der Waals surface area (Å²) in [6.07, 6.45) is 6.40. The topological polar surface area (TPSA) is 61.6 Å². The number of anilines is 1. The molecule has 1 heterocycles. The van der Waals surface area contributed by atoms with E-state index >= 15 is 0 Å². The van der Waals surface area contributed by atoms with Gasteiger partial charge >= 0.3 is 0 Å². The quantitative estimate of drug-likeness (QED) is 0.746. The van der Waals surface area contributed by atoms with E-state index in [1.807, 2.05) is 6.07 Å². The molecular weight excluding hydrogens is 200 g/mol. The Hall–Kier alpha value is -1.63. The number of nitrogens with one attached hydrogen (secondary N) is 1. The number of rotatable bonds is 6. The Bertz CT molecular complexity index is 356. The molecule has 4 nitrogen and oxygen atoms in total. The molecule has 0 radical (unpaired) electrons. The van der Waals surface area contributed by atoms with Crippen molar-refractivity contribution in [2.45, 2.75) is 45.6 Å². The molecule has 0 saturated carbocycles. The average molecular weight is 218 g/mol. The van der Waals surface area contributed by atoms with Crippen molar-refractivity contribution < 1.29 is 0 Å². The first-order valence-corrected chi connectivity index (χ1v) is 5.76. The molecule has 0 aromatic carbocycles. The predicted octanol–water partition coefficient (Wildman–Crippen LogP) is 2.73. The monoisotopic (exact) mass is 218 g/mol. The lowest BCUT2D eigenvalue weighted by Crippen LogP contribution is -2.17. The van der Waals surface area contributed by atoms with E-state index < -0.39 is 0 Å². The van der Waals surface area contributed by atoms with E-state index in [2.05, 4.69) is 29.1 Å². The molecule has 0 aliphatic carbocycles. The molecule has 1 aromatic heterocycles. The standard InChI is InChI=1S/C12H18N4/c1-3-4-5-6-10(2)15-12-14-8-7-11(9-13)16-12/h7-8,10H,3-6H2,1-2H3,(H,14,15,16). The molecule has 0 amide bonds. The highest BCUT2D eigenvalue weighted by molar-refractivity contribution is 5.30. The zero-order valence-corrected chi connectivity index (χ0v) is 9.90. The fourth-order valence-corrected chi connectivity index (χ4v) is 1.48. The van der Waals surface area contributed by atoms with Crippen molar-refractivity contribution in [2.75, 3.05) is 5.32 Å². The summed E-state index contributed by atoms with van der Waals surface area (Å²) in [5.74, 6) is 0.544. The van der Waals surface area contributed by atoms with Gasteiger partial charge in [-0.05, 0) is 19.4 Å². The van der Waals surface area contributed by atoms with Crippen LogP contribution in [0.15, 0.2) is 12.3 Å². The second kappa shape index (κ2) is 6.78. The zero-order valence-electron chi connectivity index (χ0n) is 9.90. The van der Waals surface area contributed by atoms with Crippen molar-refractivity contribution in [1.29, 1.82) is 5.26 Å². The van der Waals surface area contributed by atoms with Crippen LogP contribution in [0.25, 0.3) is 0 Å². The van der Waals surface area contributed by atoms with Gasteiger partial charge in [-0.25, -0.2) is 9.97 Å². The third kappa shape index (κ3) is 4.26. The molecule has 16 heavy (non-hydrogen) atoms. The smallest absolute Gasteiger partial charge is 0.224 e. The van der Waals surface area contributed by atoms with Gasteiger partial charge in [0.1, 0.15) is 11.8 Å². The molecule has 0 bridgehead atoms. The fourth-order valence-electron chi connectivity index (χ4n) is 1.48. The Morgan fingerprint density at radius 2 is 2.31 bits per heavy atom. The van der Waals surface area contributed by atoms with Crippen LogP contribution in [0.3, 0.4) is 0 Å². The van der Waals surface area contributed by atoms with Crippen molar-refractivity contribution in [1.82, 2.24) is 9.97 Å². The van der Waals surface area contributed by atoms with Gasteiger partial charge in [0, 0.05) is 12.2 Å². The summed E-state index contributed by atoms with van der Waals surface area (Å²) in [5.41, 5.74) is 0.401. The molecule has 0 aliphatic rings. The highest BCUT2D eigenvalue weighted by Gasteiger charge is 2.04. The van der Waals surface area contributed by atoms with E-state index in [1.54, 1.807) is 12.3 Å². The van der Waals surface area contributed by atoms with Crippen molar-refractivity contribution in [2.24, 2.45) is 0 Å². The van der Waals surface area contributed by atoms with Crippen molar-refractivity contribution in [3.8, 4) is 6.07 Å². The minimum atomic E-state index is 0.348. The van der Waals surface area contributed by atoms with E-state index in [-0.39, 0.29) is 0 Å². The molecule has 0 fully saturated rings. The maximum absolute atomic E-state index is 8.70. The summed E-state index contributed by atoms with van der Waals surface area (Å²) < 4.78 is 0. The molecule has 1 atom stereocenters. The number of nitriles is 1. The van der Waals surface area contributed by atoms with Gasteiger partial charge in [0.15, 0.2) is 0 Å². The largest absolute Gasteiger partial charge is 0.352 e. The summed E-state index contributed by atoms with van der Waals surface area (Å²) in [4.78, 5) is 8.16. The summed E-state index contributed by atoms with van der Waals surface area (Å²) in [5, 5.41) is 11.9. The van der Waals surface area contributed by atoms with Crippen LogP contribution >= 0.6 is 0 Å². The molecule has 4 heteroatoms. The lowest BCUT2D eigenvalue weighted by molar-refractivity contribution is 0.612. The third-order valence-electron chi connectivity index (χ3n) is 2.39. The number of aromatic nitrogens is 2. The Kier molecular flexibility index (Phi) is 5.27. The normalized spacial score (nSPS) is 11.8. The zero-order chi connectivity index (χ0) is 11.8. The van der Waals surface area contributed by atoms with Crippen molar-refractivity contribution >= 4 is 5.95 Å². The Morgan fingerprint density at radius 3 is 3.00 bits per heavy atom. The summed E-state index contributed by atoms with van der Waals surface area (Å²) in [7, 11) is 0. The number of hydrogen-bond acceptors (Lipinski definition) is 4. The summed E-state index contributed by atoms with van der Waals surface area (Å²) in [6.45, 7) is 4.30. The average Bonchev–Trinajstić information content (AvgIpc) is 2.29. The predicted molar refractivity (Wildman–Crippen MR) is 64.0 cm³/mol. The van der Waals surface area contributed by atoms with E-state index in [0.29, 0.717) is 17.7 Å². The lowest BCUT2D eigenvalue weighted by atomic mass is 10.1. The van der Waals surface area contributed by atoms with Gasteiger partial charge in [0.05, 0.1) is 0 Å². The molecule has 1 aromatic rings. The molecule has 1 N–H and O–H groups in total. The molecule has 1 rings (SSSR count). The lowest BCUT2D eigenvalue weighted by Gasteiger charge is -2.12. The van der Waals surface area contributed by atoms with E-state index in [9.17, 15) is 0 Å². The number of nitrogens with zero attached hydrogens (tertiary/aromatic N) is 3. The van der Waals surface area contributed by atoms with Crippen LogP contribution in [0.4, 0.5) is 5.95 Å². The maximum Gasteiger partial charge on any atom is 0.224 e. The van der Waals surface area contributed by atoms with Crippen molar-refractivity contribution in [3.05, 3.63) is 18.0 Å². The third-order valence-corrected chi connectivity index (χ3v) is 2.39. The fraction of sp³-hybridized carbons (Fsp3) is 0.583. The first-order chi connectivity index (χ1) is 7.76. The van der Waals surface area contributed by atoms with Gasteiger partial charge in [0.2, 0.25) is 5.95 Å². The van der Waals surface area contributed by atoms with Gasteiger partial charge in [0.25, 0.3) is 0 Å². The number of unbranched alkanes of at least 4 members (excludes halogenated alkanes) is 2. The second-order valence-corrected chi connectivity index (χ2v) is 3.92. The van der Waals surface area contributed by atoms with Gasteiger partial charge in [-0.3, -0.25) is 0 Å². The summed E-state index contributed by atoms with van der Waals surface area (Å²) >= 11 is 0. The molecule has 86 valence electrons. The van der Waals surface area contributed by atoms with Crippen LogP contribution < -0.4 is 5.32 Å². The Morgan fingerprint density at radius 1 is 1.50 bits per heavy atom. The molecule has 0 saturated heterocycles. The van der Waals surface area contributed by atoms with Crippen molar-refractivity contribution in [3.63, 3.8) is 0 Å². The highest BCUT2D eigenvalue weighted by atomic mass is 15.1. The summed E-state index contributed by atoms with van der Waals surface area (Å²) in [6, 6.07) is 3.95. The minimum absolute atomic E-state index is 0.348. The maximum atomic E-state index is 8.70. The SMILES string of the molecule is CCCCCC(C)Nc1nccc(C#N)n1. The molecule has 0 spiro atoms. The second-order valence-electron chi connectivity index (χ2n) is 3.92. The van der Waals surface area contributed by atoms with Crippen LogP contribution in [0.2, 0.25) is 0 Å². The van der Waals surface area contributed by atoms with Crippen LogP contribution in [-0.2, 0) is 0 Å². The Labute approximate surface area is 96.7 Å². The van der Waals surface area contributed by atoms with Crippen LogP contribution in [0.5, 0.6) is 0 Å². The first kappa shape index (κ1) is 12.4. The van der Waals surface area contributed by atoms with Gasteiger partial charge in [-0.1, -0.05) is 26.2 Å². The molecular formula is C12H18N4. The van der Waals surface area contributed by atoms with E-state index in [4.69, 9.17) is 5.26 Å². The van der Waals surface area contributed by atoms with Crippen LogP contribution in [0, 0.1) is 11.3 Å².